The summed E-state index contributed by atoms with van der Waals surface area (Å²) in [5.41, 5.74) is 0. The van der Waals surface area contributed by atoms with Crippen molar-refractivity contribution < 1.29 is 14.6 Å². The molecule has 2 N–H and O–H groups in total. The minimum atomic E-state index is -0.751. The van der Waals surface area contributed by atoms with Crippen LogP contribution in [-0.2, 0) is 9.53 Å². The molecule has 0 radical (unpaired) electrons. The highest BCUT2D eigenvalue weighted by atomic mass is 16.5. The lowest BCUT2D eigenvalue weighted by atomic mass is 10.3. The molecule has 0 amide bonds. The number of hydrogen-bond donors (Lipinski definition) is 2. The van der Waals surface area contributed by atoms with Crippen LogP contribution in [0.1, 0.15) is 19.3 Å². The lowest BCUT2D eigenvalue weighted by Crippen LogP contribution is -2.19. The van der Waals surface area contributed by atoms with E-state index < -0.39 is 5.97 Å². The summed E-state index contributed by atoms with van der Waals surface area (Å²) in [5.74, 6) is -0.751. The van der Waals surface area contributed by atoms with E-state index in [1.807, 2.05) is 0 Å². The molecule has 0 aromatic rings. The largest absolute Gasteiger partial charge is 0.481 e. The number of methoxy groups -OCH3 is 1. The fourth-order valence-electron chi connectivity index (χ4n) is 0.817. The lowest BCUT2D eigenvalue weighted by Gasteiger charge is -2.01. The summed E-state index contributed by atoms with van der Waals surface area (Å²) >= 11 is 0. The summed E-state index contributed by atoms with van der Waals surface area (Å²) in [4.78, 5) is 10.1. The summed E-state index contributed by atoms with van der Waals surface area (Å²) in [7, 11) is 1.68. The van der Waals surface area contributed by atoms with Gasteiger partial charge in [0.05, 0.1) is 6.42 Å². The second kappa shape index (κ2) is 8.49. The molecule has 12 heavy (non-hydrogen) atoms. The third-order valence-corrected chi connectivity index (χ3v) is 1.47. The molecule has 0 bridgehead atoms. The van der Waals surface area contributed by atoms with Gasteiger partial charge in [-0.05, 0) is 19.4 Å². The van der Waals surface area contributed by atoms with Gasteiger partial charge in [0.15, 0.2) is 0 Å². The molecule has 4 nitrogen and oxygen atoms in total. The van der Waals surface area contributed by atoms with Crippen LogP contribution in [0.2, 0.25) is 0 Å². The third kappa shape index (κ3) is 9.39. The summed E-state index contributed by atoms with van der Waals surface area (Å²) in [6, 6.07) is 0. The Balaban J connectivity index is 2.86. The Hall–Kier alpha value is -0.610. The monoisotopic (exact) mass is 175 g/mol. The van der Waals surface area contributed by atoms with Crippen molar-refractivity contribution in [3.63, 3.8) is 0 Å². The number of ether oxygens (including phenoxy) is 1. The third-order valence-electron chi connectivity index (χ3n) is 1.47. The number of unbranched alkanes of at least 4 members (excludes halogenated alkanes) is 1. The molecule has 0 aliphatic heterocycles. The van der Waals surface area contributed by atoms with Gasteiger partial charge in [-0.1, -0.05) is 0 Å². The topological polar surface area (TPSA) is 58.6 Å². The maximum absolute atomic E-state index is 10.1. The standard InChI is InChI=1S/C8H17NO3/c1-12-7-3-2-5-9-6-4-8(10)11/h9H,2-7H2,1H3,(H,10,11). The molecule has 0 aromatic carbocycles. The van der Waals surface area contributed by atoms with Crippen molar-refractivity contribution in [1.29, 1.82) is 0 Å². The summed E-state index contributed by atoms with van der Waals surface area (Å²) in [6.45, 7) is 2.21. The maximum Gasteiger partial charge on any atom is 0.304 e. The number of carboxylic acids is 1. The molecular formula is C8H17NO3. The van der Waals surface area contributed by atoms with Crippen LogP contribution in [0.4, 0.5) is 0 Å². The summed E-state index contributed by atoms with van der Waals surface area (Å²) < 4.78 is 4.86. The number of hydrogen-bond acceptors (Lipinski definition) is 3. The van der Waals surface area contributed by atoms with Crippen LogP contribution in [0.3, 0.4) is 0 Å². The van der Waals surface area contributed by atoms with E-state index in [1.165, 1.54) is 0 Å². The smallest absolute Gasteiger partial charge is 0.304 e. The van der Waals surface area contributed by atoms with Gasteiger partial charge in [0, 0.05) is 20.3 Å². The van der Waals surface area contributed by atoms with Gasteiger partial charge in [0.1, 0.15) is 0 Å². The van der Waals surface area contributed by atoms with Crippen molar-refractivity contribution in [1.82, 2.24) is 5.32 Å². The zero-order chi connectivity index (χ0) is 9.23. The second-order valence-corrected chi connectivity index (χ2v) is 2.59. The maximum atomic E-state index is 10.1. The molecular weight excluding hydrogens is 158 g/mol. The first-order valence-electron chi connectivity index (χ1n) is 4.19. The first-order chi connectivity index (χ1) is 5.77. The number of nitrogens with one attached hydrogen (secondary N) is 1. The average molecular weight is 175 g/mol. The Morgan fingerprint density at radius 1 is 1.42 bits per heavy atom. The Morgan fingerprint density at radius 3 is 2.75 bits per heavy atom. The van der Waals surface area contributed by atoms with Crippen LogP contribution >= 0.6 is 0 Å². The van der Waals surface area contributed by atoms with Crippen molar-refractivity contribution >= 4 is 5.97 Å². The molecule has 72 valence electrons. The molecule has 0 atom stereocenters. The zero-order valence-corrected chi connectivity index (χ0v) is 7.51. The second-order valence-electron chi connectivity index (χ2n) is 2.59. The van der Waals surface area contributed by atoms with Crippen molar-refractivity contribution in [2.24, 2.45) is 0 Å². The number of carbonyl (C=O) groups is 1. The molecule has 0 rings (SSSR count). The minimum Gasteiger partial charge on any atom is -0.481 e. The molecule has 0 heterocycles. The van der Waals surface area contributed by atoms with Crippen LogP contribution in [0.15, 0.2) is 0 Å². The first kappa shape index (κ1) is 11.4. The molecule has 0 saturated heterocycles. The van der Waals surface area contributed by atoms with Gasteiger partial charge in [0.25, 0.3) is 0 Å². The Morgan fingerprint density at radius 2 is 2.17 bits per heavy atom. The zero-order valence-electron chi connectivity index (χ0n) is 7.51. The normalized spacial score (nSPS) is 10.1. The van der Waals surface area contributed by atoms with E-state index in [-0.39, 0.29) is 6.42 Å². The van der Waals surface area contributed by atoms with E-state index in [2.05, 4.69) is 5.32 Å². The van der Waals surface area contributed by atoms with Crippen molar-refractivity contribution in [2.45, 2.75) is 19.3 Å². The van der Waals surface area contributed by atoms with E-state index in [0.29, 0.717) is 6.54 Å². The summed E-state index contributed by atoms with van der Waals surface area (Å²) in [6.07, 6.45) is 2.26. The fraction of sp³-hybridized carbons (Fsp3) is 0.875. The Labute approximate surface area is 72.9 Å². The van der Waals surface area contributed by atoms with Gasteiger partial charge >= 0.3 is 5.97 Å². The predicted octanol–water partition coefficient (Wildman–Crippen LogP) is 0.477. The van der Waals surface area contributed by atoms with Crippen molar-refractivity contribution in [2.75, 3.05) is 26.8 Å². The molecule has 0 fully saturated rings. The van der Waals surface area contributed by atoms with E-state index in [0.717, 1.165) is 26.0 Å². The minimum absolute atomic E-state index is 0.199. The highest BCUT2D eigenvalue weighted by Crippen LogP contribution is 1.86. The molecule has 0 aromatic heterocycles. The van der Waals surface area contributed by atoms with E-state index in [1.54, 1.807) is 7.11 Å². The molecule has 4 heteroatoms. The lowest BCUT2D eigenvalue weighted by molar-refractivity contribution is -0.136. The Kier molecular flexibility index (Phi) is 8.05. The van der Waals surface area contributed by atoms with Gasteiger partial charge in [0.2, 0.25) is 0 Å². The highest BCUT2D eigenvalue weighted by molar-refractivity contribution is 5.66. The van der Waals surface area contributed by atoms with Crippen molar-refractivity contribution in [3.05, 3.63) is 0 Å². The van der Waals surface area contributed by atoms with Crippen molar-refractivity contribution in [3.8, 4) is 0 Å². The summed E-state index contributed by atoms with van der Waals surface area (Å²) in [5, 5.41) is 11.3. The van der Waals surface area contributed by atoms with Gasteiger partial charge < -0.3 is 15.2 Å². The first-order valence-corrected chi connectivity index (χ1v) is 4.19. The SMILES string of the molecule is COCCCCNCCC(=O)O. The van der Waals surface area contributed by atoms with Gasteiger partial charge in [-0.2, -0.15) is 0 Å². The van der Waals surface area contributed by atoms with Crippen LogP contribution < -0.4 is 5.32 Å². The highest BCUT2D eigenvalue weighted by Gasteiger charge is 1.94. The molecule has 0 spiro atoms. The van der Waals surface area contributed by atoms with E-state index in [9.17, 15) is 4.79 Å². The average Bonchev–Trinajstić information content (AvgIpc) is 2.02. The van der Waals surface area contributed by atoms with Crippen LogP contribution in [0.25, 0.3) is 0 Å². The molecule has 0 aliphatic rings. The van der Waals surface area contributed by atoms with Crippen LogP contribution in [-0.4, -0.2) is 37.9 Å². The molecule has 0 saturated carbocycles. The number of rotatable bonds is 8. The number of carboxylic acid groups (broad SMARTS) is 1. The predicted molar refractivity (Wildman–Crippen MR) is 46.2 cm³/mol. The van der Waals surface area contributed by atoms with Gasteiger partial charge in [-0.15, -0.1) is 0 Å². The van der Waals surface area contributed by atoms with Gasteiger partial charge in [-0.3, -0.25) is 4.79 Å². The van der Waals surface area contributed by atoms with E-state index in [4.69, 9.17) is 9.84 Å². The fourth-order valence-corrected chi connectivity index (χ4v) is 0.817. The molecule has 0 aliphatic carbocycles. The number of aliphatic carboxylic acids is 1. The van der Waals surface area contributed by atoms with E-state index >= 15 is 0 Å². The Bertz CT molecular complexity index is 117. The van der Waals surface area contributed by atoms with Crippen LogP contribution in [0.5, 0.6) is 0 Å². The van der Waals surface area contributed by atoms with Crippen LogP contribution in [0, 0.1) is 0 Å². The molecule has 0 unspecified atom stereocenters. The van der Waals surface area contributed by atoms with Gasteiger partial charge in [-0.25, -0.2) is 0 Å². The quantitative estimate of drug-likeness (QED) is 0.527.